The minimum absolute atomic E-state index is 0.267. The molecule has 1 heterocycles. The molecule has 0 atom stereocenters. The predicted molar refractivity (Wildman–Crippen MR) is 79.7 cm³/mol. The molecule has 0 spiro atoms. The van der Waals surface area contributed by atoms with Crippen LogP contribution in [0.4, 0.5) is 0 Å². The molecule has 0 radical (unpaired) electrons. The highest BCUT2D eigenvalue weighted by atomic mass is 32.1. The molecule has 5 heteroatoms. The highest BCUT2D eigenvalue weighted by molar-refractivity contribution is 7.10. The van der Waals surface area contributed by atoms with Crippen LogP contribution in [0.5, 0.6) is 5.75 Å². The van der Waals surface area contributed by atoms with Crippen molar-refractivity contribution in [2.24, 2.45) is 0 Å². The minimum atomic E-state index is -0.926. The van der Waals surface area contributed by atoms with Crippen molar-refractivity contribution in [3.05, 3.63) is 51.7 Å². The van der Waals surface area contributed by atoms with Crippen molar-refractivity contribution >= 4 is 17.3 Å². The largest absolute Gasteiger partial charge is 0.492 e. The lowest BCUT2D eigenvalue weighted by Crippen LogP contribution is -2.20. The first-order chi connectivity index (χ1) is 9.66. The first kappa shape index (κ1) is 14.6. The standard InChI is InChI=1S/C15H17NO3S/c1-11-6-9-20-14(11)10-16-7-8-19-13-4-2-12(3-5-13)15(17)18/h2-6,9,16H,7-8,10H2,1H3,(H,17,18). The molecule has 2 rings (SSSR count). The number of aromatic carboxylic acids is 1. The Morgan fingerprint density at radius 3 is 2.65 bits per heavy atom. The van der Waals surface area contributed by atoms with Crippen LogP contribution in [0.2, 0.25) is 0 Å². The summed E-state index contributed by atoms with van der Waals surface area (Å²) in [6.45, 7) is 4.26. The van der Waals surface area contributed by atoms with Gasteiger partial charge in [-0.1, -0.05) is 0 Å². The van der Waals surface area contributed by atoms with Crippen molar-refractivity contribution in [1.82, 2.24) is 5.32 Å². The van der Waals surface area contributed by atoms with Crippen molar-refractivity contribution in [1.29, 1.82) is 0 Å². The lowest BCUT2D eigenvalue weighted by Gasteiger charge is -2.07. The van der Waals surface area contributed by atoms with E-state index in [9.17, 15) is 4.79 Å². The van der Waals surface area contributed by atoms with Gasteiger partial charge in [0.25, 0.3) is 0 Å². The molecule has 0 unspecified atom stereocenters. The summed E-state index contributed by atoms with van der Waals surface area (Å²) in [5.41, 5.74) is 1.58. The van der Waals surface area contributed by atoms with Crippen LogP contribution in [0.3, 0.4) is 0 Å². The molecule has 0 bridgehead atoms. The molecule has 20 heavy (non-hydrogen) atoms. The molecule has 0 aliphatic heterocycles. The second-order valence-corrected chi connectivity index (χ2v) is 5.38. The Kier molecular flexibility index (Phi) is 5.15. The first-order valence-corrected chi connectivity index (χ1v) is 7.24. The van der Waals surface area contributed by atoms with Gasteiger partial charge in [-0.25, -0.2) is 4.79 Å². The Labute approximate surface area is 122 Å². The van der Waals surface area contributed by atoms with Gasteiger partial charge in [0.05, 0.1) is 5.56 Å². The number of thiophene rings is 1. The Hall–Kier alpha value is -1.85. The molecule has 1 aromatic heterocycles. The highest BCUT2D eigenvalue weighted by Gasteiger charge is 2.02. The number of ether oxygens (including phenoxy) is 1. The molecule has 0 aliphatic carbocycles. The van der Waals surface area contributed by atoms with E-state index in [1.54, 1.807) is 35.6 Å². The lowest BCUT2D eigenvalue weighted by atomic mass is 10.2. The topological polar surface area (TPSA) is 58.6 Å². The van der Waals surface area contributed by atoms with Gasteiger partial charge in [-0.2, -0.15) is 0 Å². The van der Waals surface area contributed by atoms with E-state index in [-0.39, 0.29) is 5.56 Å². The Balaban J connectivity index is 1.68. The number of hydrogen-bond acceptors (Lipinski definition) is 4. The Bertz CT molecular complexity index is 563. The summed E-state index contributed by atoms with van der Waals surface area (Å²) in [6, 6.07) is 8.54. The normalized spacial score (nSPS) is 10.4. The SMILES string of the molecule is Cc1ccsc1CNCCOc1ccc(C(=O)O)cc1. The lowest BCUT2D eigenvalue weighted by molar-refractivity contribution is 0.0697. The van der Waals surface area contributed by atoms with Crippen LogP contribution in [0.25, 0.3) is 0 Å². The van der Waals surface area contributed by atoms with Gasteiger partial charge in [-0.05, 0) is 48.2 Å². The third kappa shape index (κ3) is 4.08. The van der Waals surface area contributed by atoms with Gasteiger partial charge in [0.2, 0.25) is 0 Å². The quantitative estimate of drug-likeness (QED) is 0.770. The smallest absolute Gasteiger partial charge is 0.335 e. The van der Waals surface area contributed by atoms with Crippen LogP contribution < -0.4 is 10.1 Å². The molecule has 2 N–H and O–H groups in total. The van der Waals surface area contributed by atoms with Crippen LogP contribution in [-0.2, 0) is 6.54 Å². The van der Waals surface area contributed by atoms with E-state index in [0.29, 0.717) is 12.4 Å². The summed E-state index contributed by atoms with van der Waals surface area (Å²) in [7, 11) is 0. The summed E-state index contributed by atoms with van der Waals surface area (Å²) in [4.78, 5) is 12.0. The fourth-order valence-corrected chi connectivity index (χ4v) is 2.60. The third-order valence-corrected chi connectivity index (χ3v) is 3.93. The van der Waals surface area contributed by atoms with Crippen LogP contribution >= 0.6 is 11.3 Å². The number of nitrogens with one attached hydrogen (secondary N) is 1. The summed E-state index contributed by atoms with van der Waals surface area (Å²) >= 11 is 1.75. The monoisotopic (exact) mass is 291 g/mol. The number of benzene rings is 1. The maximum atomic E-state index is 10.7. The second-order valence-electron chi connectivity index (χ2n) is 4.38. The molecule has 4 nitrogen and oxygen atoms in total. The summed E-state index contributed by atoms with van der Waals surface area (Å²) < 4.78 is 5.54. The van der Waals surface area contributed by atoms with Gasteiger partial charge >= 0.3 is 5.97 Å². The van der Waals surface area contributed by atoms with Crippen molar-refractivity contribution in [3.8, 4) is 5.75 Å². The number of hydrogen-bond donors (Lipinski definition) is 2. The summed E-state index contributed by atoms with van der Waals surface area (Å²) in [5, 5.41) is 14.2. The average molecular weight is 291 g/mol. The van der Waals surface area contributed by atoms with Crippen molar-refractivity contribution in [3.63, 3.8) is 0 Å². The van der Waals surface area contributed by atoms with Crippen molar-refractivity contribution in [2.75, 3.05) is 13.2 Å². The van der Waals surface area contributed by atoms with Gasteiger partial charge in [0.15, 0.2) is 0 Å². The van der Waals surface area contributed by atoms with E-state index in [4.69, 9.17) is 9.84 Å². The van der Waals surface area contributed by atoms with Crippen LogP contribution in [0.1, 0.15) is 20.8 Å². The molecule has 106 valence electrons. The minimum Gasteiger partial charge on any atom is -0.492 e. The number of rotatable bonds is 7. The molecule has 2 aromatic rings. The number of carboxylic acid groups (broad SMARTS) is 1. The van der Waals surface area contributed by atoms with Gasteiger partial charge in [0, 0.05) is 18.0 Å². The molecule has 0 aliphatic rings. The molecule has 0 fully saturated rings. The predicted octanol–water partition coefficient (Wildman–Crippen LogP) is 2.92. The van der Waals surface area contributed by atoms with E-state index in [2.05, 4.69) is 23.7 Å². The maximum Gasteiger partial charge on any atom is 0.335 e. The van der Waals surface area contributed by atoms with Gasteiger partial charge in [-0.15, -0.1) is 11.3 Å². The zero-order valence-electron chi connectivity index (χ0n) is 11.3. The first-order valence-electron chi connectivity index (χ1n) is 6.36. The van der Waals surface area contributed by atoms with E-state index in [0.717, 1.165) is 13.1 Å². The zero-order chi connectivity index (χ0) is 14.4. The fourth-order valence-electron chi connectivity index (χ4n) is 1.72. The van der Waals surface area contributed by atoms with E-state index in [1.807, 2.05) is 0 Å². The summed E-state index contributed by atoms with van der Waals surface area (Å²) in [6.07, 6.45) is 0. The Morgan fingerprint density at radius 1 is 1.30 bits per heavy atom. The number of carbonyl (C=O) groups is 1. The van der Waals surface area contributed by atoms with Gasteiger partial charge in [-0.3, -0.25) is 0 Å². The second kappa shape index (κ2) is 7.07. The zero-order valence-corrected chi connectivity index (χ0v) is 12.1. The molecule has 0 amide bonds. The van der Waals surface area contributed by atoms with E-state index in [1.165, 1.54) is 10.4 Å². The molecule has 1 aromatic carbocycles. The van der Waals surface area contributed by atoms with Crippen molar-refractivity contribution in [2.45, 2.75) is 13.5 Å². The fraction of sp³-hybridized carbons (Fsp3) is 0.267. The Morgan fingerprint density at radius 2 is 2.05 bits per heavy atom. The van der Waals surface area contributed by atoms with Gasteiger partial charge < -0.3 is 15.2 Å². The summed E-state index contributed by atoms with van der Waals surface area (Å²) in [5.74, 6) is -0.242. The molecule has 0 saturated heterocycles. The molecular weight excluding hydrogens is 274 g/mol. The number of carboxylic acids is 1. The van der Waals surface area contributed by atoms with Crippen LogP contribution in [0, 0.1) is 6.92 Å². The average Bonchev–Trinajstić information content (AvgIpc) is 2.84. The van der Waals surface area contributed by atoms with Gasteiger partial charge in [0.1, 0.15) is 12.4 Å². The van der Waals surface area contributed by atoms with Crippen LogP contribution in [0.15, 0.2) is 35.7 Å². The highest BCUT2D eigenvalue weighted by Crippen LogP contribution is 2.15. The van der Waals surface area contributed by atoms with E-state index < -0.39 is 5.97 Å². The van der Waals surface area contributed by atoms with E-state index >= 15 is 0 Å². The molecular formula is C15H17NO3S. The molecule has 0 saturated carbocycles. The third-order valence-electron chi connectivity index (χ3n) is 2.90. The van der Waals surface area contributed by atoms with Crippen LogP contribution in [-0.4, -0.2) is 24.2 Å². The number of aryl methyl sites for hydroxylation is 1. The maximum absolute atomic E-state index is 10.7. The van der Waals surface area contributed by atoms with Crippen molar-refractivity contribution < 1.29 is 14.6 Å².